The number of alkyl halides is 4. The van der Waals surface area contributed by atoms with Crippen LogP contribution >= 0.6 is 0 Å². The molecular formula is C20H20F5N5O2. The number of likely N-dealkylation sites (N-methyl/N-ethyl adjacent to an activating group) is 1. The lowest BCUT2D eigenvalue weighted by atomic mass is 10.1. The molecule has 3 N–H and O–H groups in total. The van der Waals surface area contributed by atoms with E-state index in [0.717, 1.165) is 18.5 Å². The highest BCUT2D eigenvalue weighted by Gasteiger charge is 2.40. The summed E-state index contributed by atoms with van der Waals surface area (Å²) < 4.78 is 67.2. The van der Waals surface area contributed by atoms with Crippen LogP contribution in [-0.4, -0.2) is 52.0 Å². The van der Waals surface area contributed by atoms with Crippen molar-refractivity contribution in [3.63, 3.8) is 0 Å². The Morgan fingerprint density at radius 1 is 1.25 bits per heavy atom. The largest absolute Gasteiger partial charge is 0.434 e. The zero-order valence-electron chi connectivity index (χ0n) is 17.1. The van der Waals surface area contributed by atoms with Crippen molar-refractivity contribution >= 4 is 11.8 Å². The molecule has 2 amide bonds. The van der Waals surface area contributed by atoms with Gasteiger partial charge in [0.15, 0.2) is 5.69 Å². The Morgan fingerprint density at radius 3 is 2.50 bits per heavy atom. The van der Waals surface area contributed by atoms with E-state index in [1.54, 1.807) is 18.9 Å². The molecule has 3 rings (SSSR count). The average molecular weight is 457 g/mol. The molecule has 0 aromatic carbocycles. The van der Waals surface area contributed by atoms with Gasteiger partial charge in [-0.1, -0.05) is 0 Å². The number of nitrogens with one attached hydrogen (secondary N) is 1. The first-order valence-electron chi connectivity index (χ1n) is 9.55. The number of rotatable bonds is 5. The summed E-state index contributed by atoms with van der Waals surface area (Å²) in [6.07, 6.45) is -4.36. The van der Waals surface area contributed by atoms with Crippen LogP contribution in [0.2, 0.25) is 0 Å². The lowest BCUT2D eigenvalue weighted by Gasteiger charge is -2.22. The fourth-order valence-corrected chi connectivity index (χ4v) is 3.50. The number of pyridine rings is 2. The monoisotopic (exact) mass is 457 g/mol. The third kappa shape index (κ3) is 4.69. The molecule has 0 bridgehead atoms. The van der Waals surface area contributed by atoms with Crippen LogP contribution in [0.4, 0.5) is 22.0 Å². The number of primary amides is 1. The van der Waals surface area contributed by atoms with E-state index in [4.69, 9.17) is 5.73 Å². The molecule has 0 saturated carbocycles. The third-order valence-electron chi connectivity index (χ3n) is 5.51. The summed E-state index contributed by atoms with van der Waals surface area (Å²) in [5.41, 5.74) is 2.78. The number of aromatic nitrogens is 2. The molecule has 2 aromatic heterocycles. The predicted molar refractivity (Wildman–Crippen MR) is 103 cm³/mol. The first-order valence-corrected chi connectivity index (χ1v) is 9.55. The van der Waals surface area contributed by atoms with Gasteiger partial charge >= 0.3 is 6.18 Å². The van der Waals surface area contributed by atoms with Gasteiger partial charge in [-0.2, -0.15) is 13.2 Å². The number of carbonyl (C=O) groups is 2. The quantitative estimate of drug-likeness (QED) is 0.672. The summed E-state index contributed by atoms with van der Waals surface area (Å²) in [6.45, 7) is 1.40. The van der Waals surface area contributed by atoms with E-state index < -0.39 is 53.3 Å². The SMILES string of the molecule is C[C@H]1[C@H](F)C[C@@H](C(=O)NCc2cc(-c3cnc(C(F)(F)F)c(C(N)=O)c3)ncc2F)N1C. The van der Waals surface area contributed by atoms with Gasteiger partial charge in [0, 0.05) is 36.3 Å². The summed E-state index contributed by atoms with van der Waals surface area (Å²) in [5.74, 6) is -2.58. The Balaban J connectivity index is 1.83. The highest BCUT2D eigenvalue weighted by atomic mass is 19.4. The third-order valence-corrected chi connectivity index (χ3v) is 5.51. The van der Waals surface area contributed by atoms with Crippen molar-refractivity contribution in [1.29, 1.82) is 0 Å². The molecule has 1 aliphatic heterocycles. The minimum Gasteiger partial charge on any atom is -0.366 e. The first-order chi connectivity index (χ1) is 14.9. The summed E-state index contributed by atoms with van der Waals surface area (Å²) >= 11 is 0. The molecule has 0 unspecified atom stereocenters. The number of halogens is 5. The fourth-order valence-electron chi connectivity index (χ4n) is 3.50. The number of nitrogens with two attached hydrogens (primary N) is 1. The van der Waals surface area contributed by atoms with E-state index in [1.807, 2.05) is 0 Å². The van der Waals surface area contributed by atoms with Crippen LogP contribution in [0.5, 0.6) is 0 Å². The van der Waals surface area contributed by atoms with Crippen molar-refractivity contribution in [3.05, 3.63) is 47.2 Å². The van der Waals surface area contributed by atoms with E-state index in [0.29, 0.717) is 0 Å². The van der Waals surface area contributed by atoms with E-state index >= 15 is 0 Å². The molecule has 0 spiro atoms. The fraction of sp³-hybridized carbons (Fsp3) is 0.400. The maximum absolute atomic E-state index is 14.2. The van der Waals surface area contributed by atoms with Gasteiger partial charge in [0.1, 0.15) is 12.0 Å². The van der Waals surface area contributed by atoms with Gasteiger partial charge in [-0.25, -0.2) is 8.78 Å². The smallest absolute Gasteiger partial charge is 0.366 e. The number of amides is 2. The topological polar surface area (TPSA) is 101 Å². The Labute approximate surface area is 179 Å². The van der Waals surface area contributed by atoms with E-state index in [1.165, 1.54) is 6.07 Å². The van der Waals surface area contributed by atoms with Gasteiger partial charge in [0.05, 0.1) is 23.5 Å². The molecule has 2 aromatic rings. The molecule has 32 heavy (non-hydrogen) atoms. The number of hydrogen-bond donors (Lipinski definition) is 2. The van der Waals surface area contributed by atoms with Crippen LogP contribution in [0.25, 0.3) is 11.3 Å². The number of nitrogens with zero attached hydrogens (tertiary/aromatic N) is 3. The van der Waals surface area contributed by atoms with Gasteiger partial charge in [-0.05, 0) is 26.1 Å². The van der Waals surface area contributed by atoms with Gasteiger partial charge in [0.2, 0.25) is 5.91 Å². The summed E-state index contributed by atoms with van der Waals surface area (Å²) in [6, 6.07) is 0.948. The Kier molecular flexibility index (Phi) is 6.44. The summed E-state index contributed by atoms with van der Waals surface area (Å²) in [5, 5.41) is 2.54. The first kappa shape index (κ1) is 23.5. The zero-order chi connectivity index (χ0) is 23.8. The van der Waals surface area contributed by atoms with Crippen LogP contribution < -0.4 is 11.1 Å². The summed E-state index contributed by atoms with van der Waals surface area (Å²) in [4.78, 5) is 32.6. The highest BCUT2D eigenvalue weighted by molar-refractivity contribution is 5.95. The maximum Gasteiger partial charge on any atom is 0.434 e. The molecule has 1 saturated heterocycles. The molecule has 12 heteroatoms. The van der Waals surface area contributed by atoms with Gasteiger partial charge in [0.25, 0.3) is 5.91 Å². The minimum absolute atomic E-state index is 0.00370. The minimum atomic E-state index is -4.89. The maximum atomic E-state index is 14.2. The molecule has 1 fully saturated rings. The normalized spacial score (nSPS) is 21.5. The van der Waals surface area contributed by atoms with Crippen molar-refractivity contribution in [2.24, 2.45) is 5.73 Å². The molecule has 1 aliphatic rings. The average Bonchev–Trinajstić information content (AvgIpc) is 2.99. The van der Waals surface area contributed by atoms with Crippen molar-refractivity contribution in [2.45, 2.75) is 44.3 Å². The van der Waals surface area contributed by atoms with E-state index in [9.17, 15) is 31.5 Å². The van der Waals surface area contributed by atoms with Gasteiger partial charge < -0.3 is 11.1 Å². The van der Waals surface area contributed by atoms with Crippen LogP contribution in [0, 0.1) is 5.82 Å². The van der Waals surface area contributed by atoms with Gasteiger partial charge in [-0.15, -0.1) is 0 Å². The predicted octanol–water partition coefficient (Wildman–Crippen LogP) is 2.45. The second kappa shape index (κ2) is 8.77. The number of carbonyl (C=O) groups excluding carboxylic acids is 2. The molecular weight excluding hydrogens is 437 g/mol. The number of hydrogen-bond acceptors (Lipinski definition) is 5. The lowest BCUT2D eigenvalue weighted by Crippen LogP contribution is -2.43. The number of likely N-dealkylation sites (tertiary alicyclic amines) is 1. The zero-order valence-corrected chi connectivity index (χ0v) is 17.1. The van der Waals surface area contributed by atoms with Crippen molar-refractivity contribution in [3.8, 4) is 11.3 Å². The summed E-state index contributed by atoms with van der Waals surface area (Å²) in [7, 11) is 1.62. The molecule has 3 atom stereocenters. The Morgan fingerprint density at radius 2 is 1.94 bits per heavy atom. The van der Waals surface area contributed by atoms with Gasteiger partial charge in [-0.3, -0.25) is 24.5 Å². The van der Waals surface area contributed by atoms with Crippen LogP contribution in [0.3, 0.4) is 0 Å². The standard InChI is InChI=1S/C20H20F5N5O2/c1-9-13(21)5-16(30(9)2)19(32)29-6-10-4-15(27-8-14(10)22)11-3-12(18(26)31)17(28-7-11)20(23,24)25/h3-4,7-9,13,16H,5-6H2,1-2H3,(H2,26,31)(H,29,32)/t9-,13+,16-/m0/s1. The second-order valence-electron chi connectivity index (χ2n) is 7.53. The van der Waals surface area contributed by atoms with Crippen LogP contribution in [0.1, 0.15) is 35.0 Å². The van der Waals surface area contributed by atoms with Crippen molar-refractivity contribution in [2.75, 3.05) is 7.05 Å². The molecule has 172 valence electrons. The lowest BCUT2D eigenvalue weighted by molar-refractivity contribution is -0.141. The van der Waals surface area contributed by atoms with Crippen molar-refractivity contribution < 1.29 is 31.5 Å². The van der Waals surface area contributed by atoms with Crippen LogP contribution in [0.15, 0.2) is 24.5 Å². The van der Waals surface area contributed by atoms with Crippen LogP contribution in [-0.2, 0) is 17.5 Å². The Bertz CT molecular complexity index is 1050. The highest BCUT2D eigenvalue weighted by Crippen LogP contribution is 2.32. The Hall–Kier alpha value is -3.15. The second-order valence-corrected chi connectivity index (χ2v) is 7.53. The molecule has 0 radical (unpaired) electrons. The molecule has 7 nitrogen and oxygen atoms in total. The van der Waals surface area contributed by atoms with E-state index in [-0.39, 0.29) is 29.8 Å². The van der Waals surface area contributed by atoms with Crippen molar-refractivity contribution in [1.82, 2.24) is 20.2 Å². The molecule has 3 heterocycles. The molecule has 0 aliphatic carbocycles. The van der Waals surface area contributed by atoms with E-state index in [2.05, 4.69) is 15.3 Å².